The number of aromatic carboxylic acids is 1. The highest BCUT2D eigenvalue weighted by Crippen LogP contribution is 2.21. The molecule has 1 unspecified atom stereocenters. The summed E-state index contributed by atoms with van der Waals surface area (Å²) in [6, 6.07) is 2.14. The van der Waals surface area contributed by atoms with Gasteiger partial charge in [-0.25, -0.2) is 4.79 Å². The highest BCUT2D eigenvalue weighted by molar-refractivity contribution is 7.84. The first-order valence-corrected chi connectivity index (χ1v) is 5.40. The lowest BCUT2D eigenvalue weighted by molar-refractivity contribution is -0.129. The van der Waals surface area contributed by atoms with Gasteiger partial charge in [-0.2, -0.15) is 13.2 Å². The molecule has 8 heteroatoms. The highest BCUT2D eigenvalue weighted by Gasteiger charge is 2.28. The molecule has 0 saturated carbocycles. The Morgan fingerprint density at radius 3 is 2.50 bits per heavy atom. The molecule has 1 heterocycles. The predicted molar refractivity (Wildman–Crippen MR) is 47.6 cm³/mol. The van der Waals surface area contributed by atoms with E-state index in [-0.39, 0.29) is 5.09 Å². The van der Waals surface area contributed by atoms with Crippen molar-refractivity contribution in [3.63, 3.8) is 0 Å². The van der Waals surface area contributed by atoms with E-state index in [0.29, 0.717) is 0 Å². The predicted octanol–water partition coefficient (Wildman–Crippen LogP) is 2.04. The van der Waals surface area contributed by atoms with Crippen LogP contribution >= 0.6 is 0 Å². The van der Waals surface area contributed by atoms with Gasteiger partial charge in [-0.1, -0.05) is 0 Å². The molecule has 0 aromatic carbocycles. The minimum Gasteiger partial charge on any atom is -0.475 e. The van der Waals surface area contributed by atoms with E-state index in [4.69, 9.17) is 5.11 Å². The maximum atomic E-state index is 11.8. The maximum absolute atomic E-state index is 11.8. The zero-order chi connectivity index (χ0) is 12.3. The number of halogens is 3. The number of carbonyl (C=O) groups is 1. The number of alkyl halides is 3. The summed E-state index contributed by atoms with van der Waals surface area (Å²) in [4.78, 5) is 10.4. The van der Waals surface area contributed by atoms with Crippen LogP contribution in [0.3, 0.4) is 0 Å². The van der Waals surface area contributed by atoms with Crippen molar-refractivity contribution in [3.8, 4) is 0 Å². The highest BCUT2D eigenvalue weighted by atomic mass is 32.2. The zero-order valence-electron chi connectivity index (χ0n) is 7.78. The summed E-state index contributed by atoms with van der Waals surface area (Å²) in [5, 5.41) is 8.20. The molecule has 0 spiro atoms. The fourth-order valence-electron chi connectivity index (χ4n) is 0.866. The van der Waals surface area contributed by atoms with Crippen LogP contribution in [-0.2, 0) is 10.8 Å². The molecule has 1 aromatic rings. The van der Waals surface area contributed by atoms with Crippen molar-refractivity contribution >= 4 is 16.8 Å². The van der Waals surface area contributed by atoms with E-state index in [2.05, 4.69) is 4.42 Å². The minimum atomic E-state index is -4.39. The monoisotopic (exact) mass is 256 g/mol. The fraction of sp³-hybridized carbons (Fsp3) is 0.375. The van der Waals surface area contributed by atoms with Crippen LogP contribution in [0.25, 0.3) is 0 Å². The van der Waals surface area contributed by atoms with Gasteiger partial charge >= 0.3 is 12.1 Å². The average molecular weight is 256 g/mol. The van der Waals surface area contributed by atoms with Gasteiger partial charge in [0.2, 0.25) is 5.76 Å². The van der Waals surface area contributed by atoms with Crippen LogP contribution in [0.4, 0.5) is 13.2 Å². The van der Waals surface area contributed by atoms with Gasteiger partial charge in [0.05, 0.1) is 17.2 Å². The second-order valence-corrected chi connectivity index (χ2v) is 4.34. The molecule has 0 aliphatic heterocycles. The van der Waals surface area contributed by atoms with E-state index in [0.717, 1.165) is 12.1 Å². The van der Waals surface area contributed by atoms with Crippen molar-refractivity contribution in [3.05, 3.63) is 17.9 Å². The van der Waals surface area contributed by atoms with E-state index >= 15 is 0 Å². The van der Waals surface area contributed by atoms with Crippen LogP contribution in [0.15, 0.2) is 21.6 Å². The van der Waals surface area contributed by atoms with Crippen LogP contribution in [0, 0.1) is 0 Å². The van der Waals surface area contributed by atoms with E-state index < -0.39 is 40.9 Å². The minimum absolute atomic E-state index is 0.262. The molecule has 0 aliphatic carbocycles. The number of rotatable bonds is 4. The lowest BCUT2D eigenvalue weighted by Crippen LogP contribution is -2.12. The Kier molecular flexibility index (Phi) is 3.74. The Labute approximate surface area is 90.5 Å². The third-order valence-electron chi connectivity index (χ3n) is 1.59. The molecular formula is C8H7F3O4S. The number of hydrogen-bond donors (Lipinski definition) is 1. The zero-order valence-corrected chi connectivity index (χ0v) is 8.60. The summed E-state index contributed by atoms with van der Waals surface area (Å²) in [7, 11) is -1.98. The van der Waals surface area contributed by atoms with Gasteiger partial charge in [0.15, 0.2) is 5.09 Å². The quantitative estimate of drug-likeness (QED) is 0.895. The Hall–Kier alpha value is -1.31. The summed E-state index contributed by atoms with van der Waals surface area (Å²) in [6.07, 6.45) is -5.60. The Balaban J connectivity index is 2.63. The molecule has 90 valence electrons. The molecule has 0 saturated heterocycles. The Morgan fingerprint density at radius 2 is 2.06 bits per heavy atom. The Morgan fingerprint density at radius 1 is 1.44 bits per heavy atom. The van der Waals surface area contributed by atoms with Crippen LogP contribution in [0.1, 0.15) is 17.0 Å². The van der Waals surface area contributed by atoms with Crippen molar-refractivity contribution in [1.29, 1.82) is 0 Å². The molecule has 0 bridgehead atoms. The van der Waals surface area contributed by atoms with Crippen molar-refractivity contribution in [2.75, 3.05) is 5.75 Å². The van der Waals surface area contributed by atoms with Crippen LogP contribution in [0.5, 0.6) is 0 Å². The summed E-state index contributed by atoms with van der Waals surface area (Å²) in [5.74, 6) is -2.45. The number of furan rings is 1. The summed E-state index contributed by atoms with van der Waals surface area (Å²) in [5.41, 5.74) is 0. The number of carboxylic acid groups (broad SMARTS) is 1. The van der Waals surface area contributed by atoms with Gasteiger partial charge in [-0.3, -0.25) is 4.21 Å². The van der Waals surface area contributed by atoms with E-state index in [1.54, 1.807) is 0 Å². The number of hydrogen-bond acceptors (Lipinski definition) is 3. The third-order valence-corrected chi connectivity index (χ3v) is 2.83. The first-order valence-electron chi connectivity index (χ1n) is 4.08. The van der Waals surface area contributed by atoms with Gasteiger partial charge < -0.3 is 9.52 Å². The molecule has 4 nitrogen and oxygen atoms in total. The van der Waals surface area contributed by atoms with Crippen molar-refractivity contribution in [1.82, 2.24) is 0 Å². The summed E-state index contributed by atoms with van der Waals surface area (Å²) >= 11 is 0. The van der Waals surface area contributed by atoms with E-state index in [1.807, 2.05) is 0 Å². The molecule has 0 amide bonds. The molecule has 16 heavy (non-hydrogen) atoms. The topological polar surface area (TPSA) is 67.5 Å². The molecule has 1 atom stereocenters. The van der Waals surface area contributed by atoms with Crippen molar-refractivity contribution in [2.24, 2.45) is 0 Å². The van der Waals surface area contributed by atoms with Gasteiger partial charge in [0.1, 0.15) is 0 Å². The van der Waals surface area contributed by atoms with E-state index in [1.165, 1.54) is 0 Å². The average Bonchev–Trinajstić information content (AvgIpc) is 2.61. The Bertz CT molecular complexity index is 410. The van der Waals surface area contributed by atoms with Crippen LogP contribution in [0.2, 0.25) is 0 Å². The van der Waals surface area contributed by atoms with E-state index in [9.17, 15) is 22.2 Å². The smallest absolute Gasteiger partial charge is 0.390 e. The molecule has 0 radical (unpaired) electrons. The standard InChI is InChI=1S/C8H7F3O4S/c9-8(10,11)3-4-16(14)6-2-1-5(15-6)7(12)13/h1-2H,3-4H2,(H,12,13). The largest absolute Gasteiger partial charge is 0.475 e. The summed E-state index contributed by atoms with van der Waals surface area (Å²) in [6.45, 7) is 0. The lowest BCUT2D eigenvalue weighted by atomic mass is 10.5. The van der Waals surface area contributed by atoms with Gasteiger partial charge in [-0.05, 0) is 12.1 Å². The van der Waals surface area contributed by atoms with Gasteiger partial charge in [-0.15, -0.1) is 0 Å². The lowest BCUT2D eigenvalue weighted by Gasteiger charge is -2.03. The maximum Gasteiger partial charge on any atom is 0.390 e. The first-order chi connectivity index (χ1) is 7.29. The molecule has 1 N–H and O–H groups in total. The van der Waals surface area contributed by atoms with Crippen molar-refractivity contribution < 1.29 is 31.7 Å². The second-order valence-electron chi connectivity index (χ2n) is 2.84. The van der Waals surface area contributed by atoms with Gasteiger partial charge in [0, 0.05) is 5.75 Å². The van der Waals surface area contributed by atoms with Crippen molar-refractivity contribution in [2.45, 2.75) is 17.7 Å². The second kappa shape index (κ2) is 4.69. The first kappa shape index (κ1) is 12.8. The third kappa shape index (κ3) is 3.69. The normalized spacial score (nSPS) is 13.7. The number of carboxylic acids is 1. The molecule has 1 aromatic heterocycles. The summed E-state index contributed by atoms with van der Waals surface area (Å²) < 4.78 is 51.3. The molecule has 0 aliphatic rings. The fourth-order valence-corrected chi connectivity index (χ4v) is 1.89. The van der Waals surface area contributed by atoms with Gasteiger partial charge in [0.25, 0.3) is 0 Å². The molecule has 0 fully saturated rings. The molecular weight excluding hydrogens is 249 g/mol. The van der Waals surface area contributed by atoms with Crippen LogP contribution in [-0.4, -0.2) is 27.2 Å². The molecule has 1 rings (SSSR count). The SMILES string of the molecule is O=C(O)c1ccc(S(=O)CCC(F)(F)F)o1. The van der Waals surface area contributed by atoms with Crippen LogP contribution < -0.4 is 0 Å².